The van der Waals surface area contributed by atoms with Gasteiger partial charge in [-0.25, -0.2) is 0 Å². The van der Waals surface area contributed by atoms with Crippen molar-refractivity contribution in [2.24, 2.45) is 0 Å². The summed E-state index contributed by atoms with van der Waals surface area (Å²) in [5.41, 5.74) is 3.58. The summed E-state index contributed by atoms with van der Waals surface area (Å²) >= 11 is 3.58. The average Bonchev–Trinajstić information content (AvgIpc) is 3.21. The van der Waals surface area contributed by atoms with Crippen LogP contribution in [-0.4, -0.2) is 23.4 Å². The molecular formula is C26H24IN3O5S. The highest BCUT2D eigenvalue weighted by atomic mass is 127. The Morgan fingerprint density at radius 3 is 2.47 bits per heavy atom. The Morgan fingerprint density at radius 1 is 1.14 bits per heavy atom. The second-order valence-corrected chi connectivity index (χ2v) is 10.2. The fourth-order valence-electron chi connectivity index (χ4n) is 3.54. The maximum atomic E-state index is 12.6. The van der Waals surface area contributed by atoms with Crippen LogP contribution in [0.15, 0.2) is 65.6 Å². The zero-order valence-electron chi connectivity index (χ0n) is 19.6. The SMILES string of the molecule is CCc1ccc(N[C@H]2NC(=O)/C(=C/c3cc(I)c(OCc4ccc([N+](=O)[O-])cc4)c(OC)c3)S2)cc1. The number of nitrogens with one attached hydrogen (secondary N) is 2. The number of halogens is 1. The predicted octanol–water partition coefficient (Wildman–Crippen LogP) is 5.95. The van der Waals surface area contributed by atoms with Crippen LogP contribution < -0.4 is 20.1 Å². The van der Waals surface area contributed by atoms with E-state index in [9.17, 15) is 14.9 Å². The summed E-state index contributed by atoms with van der Waals surface area (Å²) in [6.07, 6.45) is 2.80. The Balaban J connectivity index is 1.45. The molecule has 3 aromatic rings. The highest BCUT2D eigenvalue weighted by Crippen LogP contribution is 2.37. The molecule has 10 heteroatoms. The van der Waals surface area contributed by atoms with Crippen molar-refractivity contribution in [1.82, 2.24) is 5.32 Å². The second kappa shape index (κ2) is 11.7. The second-order valence-electron chi connectivity index (χ2n) is 7.92. The molecule has 2 N–H and O–H groups in total. The van der Waals surface area contributed by atoms with Gasteiger partial charge in [0, 0.05) is 17.8 Å². The van der Waals surface area contributed by atoms with Crippen LogP contribution in [0, 0.1) is 13.7 Å². The number of rotatable bonds is 9. The van der Waals surface area contributed by atoms with Crippen LogP contribution in [0.2, 0.25) is 0 Å². The number of nitro groups is 1. The Bertz CT molecular complexity index is 1300. The van der Waals surface area contributed by atoms with E-state index in [1.165, 1.54) is 29.5 Å². The van der Waals surface area contributed by atoms with Gasteiger partial charge in [0.15, 0.2) is 17.0 Å². The summed E-state index contributed by atoms with van der Waals surface area (Å²) in [6.45, 7) is 2.34. The number of nitro benzene ring substituents is 1. The van der Waals surface area contributed by atoms with Gasteiger partial charge in [0.1, 0.15) is 6.61 Å². The lowest BCUT2D eigenvalue weighted by Crippen LogP contribution is -2.30. The van der Waals surface area contributed by atoms with Gasteiger partial charge in [0.05, 0.1) is 20.5 Å². The number of thioether (sulfide) groups is 1. The van der Waals surface area contributed by atoms with Gasteiger partial charge in [-0.05, 0) is 88.2 Å². The van der Waals surface area contributed by atoms with Gasteiger partial charge in [-0.3, -0.25) is 14.9 Å². The fraction of sp³-hybridized carbons (Fsp3) is 0.192. The summed E-state index contributed by atoms with van der Waals surface area (Å²) in [5.74, 6) is 0.956. The standard InChI is InChI=1S/C26H24IN3O5S/c1-3-16-4-8-19(9-5-16)28-26-29-25(31)23(36-26)14-18-12-21(27)24(22(13-18)34-2)35-15-17-6-10-20(11-7-17)30(32)33/h4-14,26,28H,3,15H2,1-2H3,(H,29,31)/b23-14-/t26-/m0/s1. The highest BCUT2D eigenvalue weighted by molar-refractivity contribution is 14.1. The van der Waals surface area contributed by atoms with Crippen molar-refractivity contribution in [3.05, 3.63) is 95.9 Å². The van der Waals surface area contributed by atoms with E-state index in [0.29, 0.717) is 16.4 Å². The molecule has 1 heterocycles. The minimum Gasteiger partial charge on any atom is -0.493 e. The lowest BCUT2D eigenvalue weighted by molar-refractivity contribution is -0.384. The van der Waals surface area contributed by atoms with Gasteiger partial charge < -0.3 is 20.1 Å². The van der Waals surface area contributed by atoms with Crippen LogP contribution in [0.25, 0.3) is 6.08 Å². The number of carbonyl (C=O) groups excluding carboxylic acids is 1. The molecule has 36 heavy (non-hydrogen) atoms. The maximum Gasteiger partial charge on any atom is 0.269 e. The quantitative estimate of drug-likeness (QED) is 0.133. The Kier molecular flexibility index (Phi) is 8.36. The lowest BCUT2D eigenvalue weighted by atomic mass is 10.1. The first kappa shape index (κ1) is 25.8. The molecule has 1 amide bonds. The monoisotopic (exact) mass is 617 g/mol. The third-order valence-corrected chi connectivity index (χ3v) is 7.30. The Hall–Kier alpha value is -3.25. The van der Waals surface area contributed by atoms with E-state index in [-0.39, 0.29) is 23.7 Å². The summed E-state index contributed by atoms with van der Waals surface area (Å²) in [7, 11) is 1.56. The average molecular weight is 617 g/mol. The third-order valence-electron chi connectivity index (χ3n) is 5.47. The number of carbonyl (C=O) groups is 1. The van der Waals surface area contributed by atoms with Crippen LogP contribution in [0.4, 0.5) is 11.4 Å². The number of hydrogen-bond acceptors (Lipinski definition) is 7. The smallest absolute Gasteiger partial charge is 0.269 e. The summed E-state index contributed by atoms with van der Waals surface area (Å²) < 4.78 is 12.3. The molecule has 1 fully saturated rings. The van der Waals surface area contributed by atoms with E-state index in [2.05, 4.69) is 52.3 Å². The zero-order chi connectivity index (χ0) is 25.7. The van der Waals surface area contributed by atoms with Crippen molar-refractivity contribution in [3.63, 3.8) is 0 Å². The Morgan fingerprint density at radius 2 is 1.83 bits per heavy atom. The molecule has 0 spiro atoms. The van der Waals surface area contributed by atoms with E-state index in [0.717, 1.165) is 26.8 Å². The van der Waals surface area contributed by atoms with E-state index >= 15 is 0 Å². The normalized spacial score (nSPS) is 16.0. The van der Waals surface area contributed by atoms with Gasteiger partial charge >= 0.3 is 0 Å². The number of non-ortho nitro benzene ring substituents is 1. The van der Waals surface area contributed by atoms with Gasteiger partial charge in [0.25, 0.3) is 11.6 Å². The number of methoxy groups -OCH3 is 1. The summed E-state index contributed by atoms with van der Waals surface area (Å²) in [4.78, 5) is 23.6. The molecular weight excluding hydrogens is 593 g/mol. The van der Waals surface area contributed by atoms with Gasteiger partial charge in [-0.2, -0.15) is 0 Å². The number of ether oxygens (including phenoxy) is 2. The number of aryl methyl sites for hydroxylation is 1. The largest absolute Gasteiger partial charge is 0.493 e. The molecule has 1 aliphatic heterocycles. The van der Waals surface area contributed by atoms with Gasteiger partial charge in [-0.15, -0.1) is 0 Å². The first-order valence-corrected chi connectivity index (χ1v) is 13.1. The predicted molar refractivity (Wildman–Crippen MR) is 150 cm³/mol. The van der Waals surface area contributed by atoms with Crippen LogP contribution in [0.5, 0.6) is 11.5 Å². The summed E-state index contributed by atoms with van der Waals surface area (Å²) in [6, 6.07) is 18.1. The van der Waals surface area contributed by atoms with Crippen molar-refractivity contribution >= 4 is 57.7 Å². The summed E-state index contributed by atoms with van der Waals surface area (Å²) in [5, 5.41) is 17.1. The van der Waals surface area contributed by atoms with Crippen LogP contribution in [-0.2, 0) is 17.8 Å². The first-order valence-electron chi connectivity index (χ1n) is 11.1. The lowest BCUT2D eigenvalue weighted by Gasteiger charge is -2.14. The zero-order valence-corrected chi connectivity index (χ0v) is 22.6. The maximum absolute atomic E-state index is 12.6. The number of amides is 1. The molecule has 3 aromatic carbocycles. The molecule has 8 nitrogen and oxygen atoms in total. The van der Waals surface area contributed by atoms with E-state index < -0.39 is 4.92 Å². The molecule has 1 saturated heterocycles. The van der Waals surface area contributed by atoms with Crippen molar-refractivity contribution in [2.45, 2.75) is 25.4 Å². The molecule has 0 bridgehead atoms. The number of benzene rings is 3. The molecule has 0 aromatic heterocycles. The molecule has 1 atom stereocenters. The molecule has 4 rings (SSSR count). The molecule has 186 valence electrons. The van der Waals surface area contributed by atoms with Crippen molar-refractivity contribution < 1.29 is 19.2 Å². The number of hydrogen-bond donors (Lipinski definition) is 2. The molecule has 1 aliphatic rings. The van der Waals surface area contributed by atoms with Crippen molar-refractivity contribution in [2.75, 3.05) is 12.4 Å². The van der Waals surface area contributed by atoms with Crippen LogP contribution >= 0.6 is 34.4 Å². The van der Waals surface area contributed by atoms with Gasteiger partial charge in [0.2, 0.25) is 0 Å². The number of anilines is 1. The van der Waals surface area contributed by atoms with E-state index in [1.807, 2.05) is 30.3 Å². The molecule has 0 unspecified atom stereocenters. The van der Waals surface area contributed by atoms with Crippen molar-refractivity contribution in [3.8, 4) is 11.5 Å². The number of nitrogens with zero attached hydrogens (tertiary/aromatic N) is 1. The van der Waals surface area contributed by atoms with E-state index in [4.69, 9.17) is 9.47 Å². The van der Waals surface area contributed by atoms with Crippen LogP contribution in [0.1, 0.15) is 23.6 Å². The minimum atomic E-state index is -0.436. The van der Waals surface area contributed by atoms with Gasteiger partial charge in [-0.1, -0.05) is 30.8 Å². The van der Waals surface area contributed by atoms with Crippen molar-refractivity contribution in [1.29, 1.82) is 0 Å². The minimum absolute atomic E-state index is 0.0314. The molecule has 0 radical (unpaired) electrons. The highest BCUT2D eigenvalue weighted by Gasteiger charge is 2.27. The van der Waals surface area contributed by atoms with E-state index in [1.54, 1.807) is 19.2 Å². The van der Waals surface area contributed by atoms with Crippen LogP contribution in [0.3, 0.4) is 0 Å². The first-order chi connectivity index (χ1) is 17.4. The molecule has 0 saturated carbocycles. The molecule has 0 aliphatic carbocycles. The third kappa shape index (κ3) is 6.30. The topological polar surface area (TPSA) is 103 Å². The fourth-order valence-corrected chi connectivity index (χ4v) is 5.30. The Labute approximate surface area is 226 Å².